The van der Waals surface area contributed by atoms with Gasteiger partial charge < -0.3 is 10.1 Å². The van der Waals surface area contributed by atoms with Gasteiger partial charge in [-0.05, 0) is 92.5 Å². The number of nitrogens with zero attached hydrogens (tertiary/aromatic N) is 1. The molecule has 5 rings (SSSR count). The summed E-state index contributed by atoms with van der Waals surface area (Å²) >= 11 is 0. The summed E-state index contributed by atoms with van der Waals surface area (Å²) in [4.78, 5) is 14.9. The van der Waals surface area contributed by atoms with Gasteiger partial charge in [0.15, 0.2) is 0 Å². The average Bonchev–Trinajstić information content (AvgIpc) is 2.86. The predicted molar refractivity (Wildman–Crippen MR) is 115 cm³/mol. The van der Waals surface area contributed by atoms with Crippen LogP contribution in [0.3, 0.4) is 0 Å². The van der Waals surface area contributed by atoms with Crippen molar-refractivity contribution in [3.63, 3.8) is 0 Å². The van der Waals surface area contributed by atoms with Gasteiger partial charge in [-0.3, -0.25) is 9.69 Å². The van der Waals surface area contributed by atoms with Crippen molar-refractivity contribution in [3.8, 4) is 11.5 Å². The lowest BCUT2D eigenvalue weighted by Gasteiger charge is -2.36. The third-order valence-electron chi connectivity index (χ3n) is 6.90. The van der Waals surface area contributed by atoms with E-state index in [1.54, 1.807) is 0 Å². The molecule has 4 nitrogen and oxygen atoms in total. The van der Waals surface area contributed by atoms with Crippen molar-refractivity contribution in [2.75, 3.05) is 13.1 Å². The molecule has 1 aliphatic heterocycles. The zero-order chi connectivity index (χ0) is 19.6. The maximum Gasteiger partial charge on any atom is 0.251 e. The molecule has 2 aliphatic carbocycles. The van der Waals surface area contributed by atoms with Crippen LogP contribution in [0.5, 0.6) is 11.5 Å². The number of ether oxygens (including phenoxy) is 1. The fourth-order valence-electron chi connectivity index (χ4n) is 4.53. The van der Waals surface area contributed by atoms with Gasteiger partial charge >= 0.3 is 0 Å². The minimum absolute atomic E-state index is 0.0160. The Morgan fingerprint density at radius 3 is 2.21 bits per heavy atom. The topological polar surface area (TPSA) is 41.6 Å². The molecule has 0 spiro atoms. The standard InChI is InChI=1S/C25H30N2O2/c28-25(26-21-3-1-4-21)19-8-10-23(11-9-19)29-24-12-7-18-13-15-27(22-5-2-6-22)16-14-20(18)17-24/h7-12,17,21-22H,1-6,13-16H2,(H,26,28). The third kappa shape index (κ3) is 4.18. The molecule has 1 amide bonds. The number of carbonyl (C=O) groups is 1. The molecule has 29 heavy (non-hydrogen) atoms. The van der Waals surface area contributed by atoms with Crippen LogP contribution in [0.2, 0.25) is 0 Å². The van der Waals surface area contributed by atoms with Crippen molar-refractivity contribution in [3.05, 3.63) is 59.2 Å². The molecular formula is C25H30N2O2. The first kappa shape index (κ1) is 18.7. The average molecular weight is 391 g/mol. The highest BCUT2D eigenvalue weighted by Crippen LogP contribution is 2.30. The molecule has 2 fully saturated rings. The van der Waals surface area contributed by atoms with Gasteiger partial charge in [0.25, 0.3) is 5.91 Å². The minimum Gasteiger partial charge on any atom is -0.457 e. The van der Waals surface area contributed by atoms with E-state index in [0.717, 1.165) is 49.8 Å². The second-order valence-electron chi connectivity index (χ2n) is 8.78. The van der Waals surface area contributed by atoms with Crippen molar-refractivity contribution in [2.45, 2.75) is 63.5 Å². The van der Waals surface area contributed by atoms with Gasteiger partial charge in [-0.1, -0.05) is 12.5 Å². The summed E-state index contributed by atoms with van der Waals surface area (Å²) in [6.07, 6.45) is 9.80. The molecule has 4 heteroatoms. The normalized spacial score (nSPS) is 20.1. The Morgan fingerprint density at radius 2 is 1.55 bits per heavy atom. The quantitative estimate of drug-likeness (QED) is 0.804. The molecule has 0 atom stereocenters. The van der Waals surface area contributed by atoms with Crippen LogP contribution < -0.4 is 10.1 Å². The lowest BCUT2D eigenvalue weighted by molar-refractivity contribution is 0.0917. The van der Waals surface area contributed by atoms with Crippen LogP contribution in [0.1, 0.15) is 60.0 Å². The van der Waals surface area contributed by atoms with Crippen LogP contribution in [0, 0.1) is 0 Å². The van der Waals surface area contributed by atoms with E-state index in [2.05, 4.69) is 28.4 Å². The monoisotopic (exact) mass is 390 g/mol. The number of carbonyl (C=O) groups excluding carboxylic acids is 1. The van der Waals surface area contributed by atoms with E-state index in [1.165, 1.54) is 43.4 Å². The van der Waals surface area contributed by atoms with Crippen LogP contribution in [-0.4, -0.2) is 36.0 Å². The van der Waals surface area contributed by atoms with E-state index in [4.69, 9.17) is 4.74 Å². The first-order chi connectivity index (χ1) is 14.2. The Labute approximate surface area is 173 Å². The second-order valence-corrected chi connectivity index (χ2v) is 8.78. The van der Waals surface area contributed by atoms with Gasteiger partial charge in [0.1, 0.15) is 11.5 Å². The van der Waals surface area contributed by atoms with E-state index in [1.807, 2.05) is 24.3 Å². The summed E-state index contributed by atoms with van der Waals surface area (Å²) in [5.74, 6) is 1.67. The van der Waals surface area contributed by atoms with Gasteiger partial charge in [-0.25, -0.2) is 0 Å². The van der Waals surface area contributed by atoms with Crippen molar-refractivity contribution in [2.24, 2.45) is 0 Å². The van der Waals surface area contributed by atoms with E-state index in [9.17, 15) is 4.79 Å². The van der Waals surface area contributed by atoms with Crippen molar-refractivity contribution >= 4 is 5.91 Å². The van der Waals surface area contributed by atoms with Gasteiger partial charge in [0.2, 0.25) is 0 Å². The first-order valence-electron chi connectivity index (χ1n) is 11.2. The van der Waals surface area contributed by atoms with Gasteiger partial charge in [-0.2, -0.15) is 0 Å². The van der Waals surface area contributed by atoms with E-state index in [-0.39, 0.29) is 5.91 Å². The van der Waals surface area contributed by atoms with Crippen LogP contribution in [0.25, 0.3) is 0 Å². The summed E-state index contributed by atoms with van der Waals surface area (Å²) in [6, 6.07) is 15.2. The molecule has 1 heterocycles. The summed E-state index contributed by atoms with van der Waals surface area (Å²) in [6.45, 7) is 2.34. The molecule has 3 aliphatic rings. The maximum absolute atomic E-state index is 12.3. The van der Waals surface area contributed by atoms with Crippen LogP contribution in [0.15, 0.2) is 42.5 Å². The Balaban J connectivity index is 1.22. The van der Waals surface area contributed by atoms with Gasteiger partial charge in [0.05, 0.1) is 0 Å². The molecular weight excluding hydrogens is 360 g/mol. The van der Waals surface area contributed by atoms with Gasteiger partial charge in [-0.15, -0.1) is 0 Å². The molecule has 2 aromatic rings. The minimum atomic E-state index is 0.0160. The summed E-state index contributed by atoms with van der Waals surface area (Å²) < 4.78 is 6.09. The number of amides is 1. The number of fused-ring (bicyclic) bond motifs is 1. The molecule has 2 aromatic carbocycles. The number of nitrogens with one attached hydrogen (secondary N) is 1. The SMILES string of the molecule is O=C(NC1CCC1)c1ccc(Oc2ccc3c(c2)CCN(C2CCC2)CC3)cc1. The van der Waals surface area contributed by atoms with E-state index >= 15 is 0 Å². The zero-order valence-electron chi connectivity index (χ0n) is 17.0. The highest BCUT2D eigenvalue weighted by molar-refractivity contribution is 5.94. The lowest BCUT2D eigenvalue weighted by Crippen LogP contribution is -2.41. The number of hydrogen-bond donors (Lipinski definition) is 1. The van der Waals surface area contributed by atoms with Crippen LogP contribution >= 0.6 is 0 Å². The molecule has 152 valence electrons. The van der Waals surface area contributed by atoms with E-state index in [0.29, 0.717) is 11.6 Å². The predicted octanol–water partition coefficient (Wildman–Crippen LogP) is 4.71. The Bertz CT molecular complexity index is 869. The number of benzene rings is 2. The molecule has 0 bridgehead atoms. The number of rotatable bonds is 5. The highest BCUT2D eigenvalue weighted by atomic mass is 16.5. The molecule has 1 N–H and O–H groups in total. The smallest absolute Gasteiger partial charge is 0.251 e. The lowest BCUT2D eigenvalue weighted by atomic mass is 9.91. The van der Waals surface area contributed by atoms with Crippen molar-refractivity contribution in [1.82, 2.24) is 10.2 Å². The van der Waals surface area contributed by atoms with Crippen LogP contribution in [-0.2, 0) is 12.8 Å². The number of hydrogen-bond acceptors (Lipinski definition) is 3. The van der Waals surface area contributed by atoms with Crippen LogP contribution in [0.4, 0.5) is 0 Å². The van der Waals surface area contributed by atoms with E-state index < -0.39 is 0 Å². The first-order valence-corrected chi connectivity index (χ1v) is 11.2. The maximum atomic E-state index is 12.3. The summed E-state index contributed by atoms with van der Waals surface area (Å²) in [5, 5.41) is 3.08. The zero-order valence-corrected chi connectivity index (χ0v) is 17.0. The largest absolute Gasteiger partial charge is 0.457 e. The van der Waals surface area contributed by atoms with Crippen molar-refractivity contribution in [1.29, 1.82) is 0 Å². The summed E-state index contributed by atoms with van der Waals surface area (Å²) in [5.41, 5.74) is 3.57. The Hall–Kier alpha value is -2.33. The Morgan fingerprint density at radius 1 is 0.862 bits per heavy atom. The van der Waals surface area contributed by atoms with Crippen molar-refractivity contribution < 1.29 is 9.53 Å². The second kappa shape index (κ2) is 8.19. The molecule has 0 unspecified atom stereocenters. The highest BCUT2D eigenvalue weighted by Gasteiger charge is 2.26. The fourth-order valence-corrected chi connectivity index (χ4v) is 4.53. The Kier molecular flexibility index (Phi) is 5.28. The molecule has 0 aromatic heterocycles. The molecule has 0 saturated heterocycles. The molecule has 2 saturated carbocycles. The third-order valence-corrected chi connectivity index (χ3v) is 6.90. The summed E-state index contributed by atoms with van der Waals surface area (Å²) in [7, 11) is 0. The van der Waals surface area contributed by atoms with Gasteiger partial charge in [0, 0.05) is 30.7 Å². The molecule has 0 radical (unpaired) electrons. The fraction of sp³-hybridized carbons (Fsp3) is 0.480.